The molecule has 0 amide bonds. The number of benzene rings is 2. The third-order valence-corrected chi connectivity index (χ3v) is 3.88. The Morgan fingerprint density at radius 1 is 1.00 bits per heavy atom. The van der Waals surface area contributed by atoms with Crippen LogP contribution in [0.5, 0.6) is 5.75 Å². The standard InChI is InChI=1S/C16H14N2O7S.K/c1-10(19)25-15-8-5-12(9-14(15)16(20)24-2)18-17-11-3-6-13(7-4-11)26(21,22)23;/h3-9H,1-2H3,(H,21,22,23);/q;+1/p-1/b18-17+;. The molecule has 2 aromatic rings. The number of methoxy groups -OCH3 is 1. The molecule has 27 heavy (non-hydrogen) atoms. The van der Waals surface area contributed by atoms with Crippen molar-refractivity contribution in [3.63, 3.8) is 0 Å². The maximum absolute atomic E-state index is 11.8. The molecule has 0 fully saturated rings. The summed E-state index contributed by atoms with van der Waals surface area (Å²) in [6, 6.07) is 9.00. The molecule has 0 spiro atoms. The van der Waals surface area contributed by atoms with Gasteiger partial charge in [0.15, 0.2) is 0 Å². The fraction of sp³-hybridized carbons (Fsp3) is 0.125. The minimum absolute atomic E-state index is 0. The zero-order valence-electron chi connectivity index (χ0n) is 14.7. The van der Waals surface area contributed by atoms with Gasteiger partial charge in [-0.1, -0.05) is 0 Å². The van der Waals surface area contributed by atoms with E-state index in [1.807, 2.05) is 0 Å². The van der Waals surface area contributed by atoms with Gasteiger partial charge in [-0.3, -0.25) is 4.79 Å². The maximum atomic E-state index is 11.8. The molecule has 0 aliphatic rings. The van der Waals surface area contributed by atoms with E-state index in [9.17, 15) is 22.6 Å². The van der Waals surface area contributed by atoms with Crippen molar-refractivity contribution in [2.45, 2.75) is 11.8 Å². The van der Waals surface area contributed by atoms with Crippen LogP contribution in [-0.4, -0.2) is 32.0 Å². The number of rotatable bonds is 5. The molecule has 9 nitrogen and oxygen atoms in total. The topological polar surface area (TPSA) is 135 Å². The first-order valence-electron chi connectivity index (χ1n) is 7.09. The molecule has 0 N–H and O–H groups in total. The van der Waals surface area contributed by atoms with Gasteiger partial charge >= 0.3 is 63.3 Å². The summed E-state index contributed by atoms with van der Waals surface area (Å²) in [6.45, 7) is 1.19. The summed E-state index contributed by atoms with van der Waals surface area (Å²) in [4.78, 5) is 22.5. The number of azo groups is 1. The summed E-state index contributed by atoms with van der Waals surface area (Å²) in [5.74, 6) is -1.30. The second-order valence-corrected chi connectivity index (χ2v) is 6.29. The zero-order chi connectivity index (χ0) is 19.3. The third-order valence-electron chi connectivity index (χ3n) is 3.03. The van der Waals surface area contributed by atoms with Crippen LogP contribution in [0.25, 0.3) is 0 Å². The van der Waals surface area contributed by atoms with Crippen LogP contribution in [0.1, 0.15) is 17.3 Å². The second kappa shape index (κ2) is 10.2. The van der Waals surface area contributed by atoms with Crippen molar-refractivity contribution in [3.8, 4) is 5.75 Å². The van der Waals surface area contributed by atoms with Crippen LogP contribution in [0.15, 0.2) is 57.6 Å². The summed E-state index contributed by atoms with van der Waals surface area (Å²) < 4.78 is 42.2. The first-order chi connectivity index (χ1) is 12.2. The second-order valence-electron chi connectivity index (χ2n) is 4.91. The number of esters is 2. The molecule has 0 saturated carbocycles. The SMILES string of the molecule is COC(=O)c1cc(/N=N/c2ccc(S(=O)(=O)[O-])cc2)ccc1OC(C)=O.[K+]. The minimum atomic E-state index is -4.53. The first kappa shape index (κ1) is 23.6. The summed E-state index contributed by atoms with van der Waals surface area (Å²) in [7, 11) is -3.35. The molecule has 0 bridgehead atoms. The molecule has 11 heteroatoms. The van der Waals surface area contributed by atoms with Crippen LogP contribution in [0.3, 0.4) is 0 Å². The van der Waals surface area contributed by atoms with Crippen LogP contribution in [0.2, 0.25) is 0 Å². The Kier molecular flexibility index (Phi) is 8.88. The van der Waals surface area contributed by atoms with Crippen molar-refractivity contribution in [2.24, 2.45) is 10.2 Å². The Morgan fingerprint density at radius 2 is 1.56 bits per heavy atom. The van der Waals surface area contributed by atoms with Crippen molar-refractivity contribution in [1.82, 2.24) is 0 Å². The Labute approximate surface area is 197 Å². The van der Waals surface area contributed by atoms with E-state index in [2.05, 4.69) is 15.0 Å². The van der Waals surface area contributed by atoms with E-state index in [0.29, 0.717) is 5.69 Å². The molecule has 0 atom stereocenters. The quantitative estimate of drug-likeness (QED) is 0.215. The van der Waals surface area contributed by atoms with Gasteiger partial charge in [0, 0.05) is 6.92 Å². The van der Waals surface area contributed by atoms with Crippen LogP contribution in [0.4, 0.5) is 11.4 Å². The minimum Gasteiger partial charge on any atom is -0.744 e. The van der Waals surface area contributed by atoms with E-state index in [0.717, 1.165) is 12.1 Å². The van der Waals surface area contributed by atoms with Crippen LogP contribution in [0, 0.1) is 0 Å². The van der Waals surface area contributed by atoms with E-state index < -0.39 is 22.1 Å². The maximum Gasteiger partial charge on any atom is 1.00 e. The number of nitrogens with zero attached hydrogens (tertiary/aromatic N) is 2. The molecule has 0 heterocycles. The Morgan fingerprint density at radius 3 is 2.07 bits per heavy atom. The number of hydrogen-bond donors (Lipinski definition) is 0. The average molecular weight is 416 g/mol. The molecule has 0 radical (unpaired) electrons. The van der Waals surface area contributed by atoms with Crippen molar-refractivity contribution >= 4 is 33.4 Å². The van der Waals surface area contributed by atoms with E-state index in [1.54, 1.807) is 0 Å². The van der Waals surface area contributed by atoms with E-state index in [1.165, 1.54) is 44.4 Å². The molecule has 136 valence electrons. The summed E-state index contributed by atoms with van der Waals surface area (Å²) >= 11 is 0. The van der Waals surface area contributed by atoms with Crippen LogP contribution >= 0.6 is 0 Å². The average Bonchev–Trinajstić information content (AvgIpc) is 2.59. The number of hydrogen-bond acceptors (Lipinski definition) is 9. The summed E-state index contributed by atoms with van der Waals surface area (Å²) in [5, 5.41) is 7.80. The van der Waals surface area contributed by atoms with Gasteiger partial charge in [0.1, 0.15) is 21.4 Å². The van der Waals surface area contributed by atoms with E-state index >= 15 is 0 Å². The monoisotopic (exact) mass is 416 g/mol. The van der Waals surface area contributed by atoms with Crippen LogP contribution < -0.4 is 56.1 Å². The van der Waals surface area contributed by atoms with E-state index in [-0.39, 0.29) is 73.3 Å². The van der Waals surface area contributed by atoms with Gasteiger partial charge in [0.2, 0.25) is 0 Å². The van der Waals surface area contributed by atoms with Gasteiger partial charge in [0.05, 0.1) is 23.4 Å². The normalized spacial score (nSPS) is 10.9. The molecule has 0 unspecified atom stereocenters. The van der Waals surface area contributed by atoms with Crippen molar-refractivity contribution < 1.29 is 83.4 Å². The van der Waals surface area contributed by atoms with Gasteiger partial charge in [0.25, 0.3) is 0 Å². The van der Waals surface area contributed by atoms with E-state index in [4.69, 9.17) is 4.74 Å². The molecule has 0 saturated heterocycles. The largest absolute Gasteiger partial charge is 1.00 e. The molecule has 2 aromatic carbocycles. The third kappa shape index (κ3) is 6.88. The van der Waals surface area contributed by atoms with Crippen molar-refractivity contribution in [2.75, 3.05) is 7.11 Å². The molecule has 0 aliphatic carbocycles. The zero-order valence-corrected chi connectivity index (χ0v) is 18.6. The molecular formula is C16H13KN2O7S. The molecule has 2 rings (SSSR count). The predicted molar refractivity (Wildman–Crippen MR) is 87.7 cm³/mol. The Hall–Kier alpha value is -1.47. The number of ether oxygens (including phenoxy) is 2. The first-order valence-corrected chi connectivity index (χ1v) is 8.50. The Bertz CT molecular complexity index is 973. The molecular weight excluding hydrogens is 403 g/mol. The van der Waals surface area contributed by atoms with Gasteiger partial charge in [-0.05, 0) is 42.5 Å². The van der Waals surface area contributed by atoms with Gasteiger partial charge in [-0.25, -0.2) is 13.2 Å². The summed E-state index contributed by atoms with van der Waals surface area (Å²) in [5.41, 5.74) is 0.551. The fourth-order valence-electron chi connectivity index (χ4n) is 1.89. The summed E-state index contributed by atoms with van der Waals surface area (Å²) in [6.07, 6.45) is 0. The number of carbonyl (C=O) groups excluding carboxylic acids is 2. The van der Waals surface area contributed by atoms with Gasteiger partial charge in [-0.2, -0.15) is 10.2 Å². The number of carbonyl (C=O) groups is 2. The van der Waals surface area contributed by atoms with Crippen LogP contribution in [-0.2, 0) is 19.6 Å². The predicted octanol–water partition coefficient (Wildman–Crippen LogP) is -0.278. The van der Waals surface area contributed by atoms with Gasteiger partial charge < -0.3 is 14.0 Å². The fourth-order valence-corrected chi connectivity index (χ4v) is 2.36. The van der Waals surface area contributed by atoms with Crippen molar-refractivity contribution in [3.05, 3.63) is 48.0 Å². The Balaban J connectivity index is 0.00000364. The molecule has 0 aromatic heterocycles. The smallest absolute Gasteiger partial charge is 0.744 e. The van der Waals surface area contributed by atoms with Gasteiger partial charge in [-0.15, -0.1) is 0 Å². The van der Waals surface area contributed by atoms with Crippen molar-refractivity contribution in [1.29, 1.82) is 0 Å². The molecule has 0 aliphatic heterocycles.